The van der Waals surface area contributed by atoms with E-state index in [1.807, 2.05) is 45.0 Å². The fourth-order valence-corrected chi connectivity index (χ4v) is 1.42. The molecule has 0 bridgehead atoms. The molecule has 3 N–H and O–H groups in total. The smallest absolute Gasteiger partial charge is 0.189 e. The van der Waals surface area contributed by atoms with Crippen molar-refractivity contribution in [3.05, 3.63) is 34.9 Å². The lowest BCUT2D eigenvalue weighted by Crippen LogP contribution is -2.44. The summed E-state index contributed by atoms with van der Waals surface area (Å²) < 4.78 is 0. The van der Waals surface area contributed by atoms with Crippen LogP contribution in [0.5, 0.6) is 0 Å². The van der Waals surface area contributed by atoms with E-state index in [9.17, 15) is 0 Å². The summed E-state index contributed by atoms with van der Waals surface area (Å²) in [5.74, 6) is 0.437. The lowest BCUT2D eigenvalue weighted by molar-refractivity contribution is 0.508. The fraction of sp³-hybridized carbons (Fsp3) is 0.417. The molecule has 96 valence electrons. The first kappa shape index (κ1) is 16.5. The summed E-state index contributed by atoms with van der Waals surface area (Å²) in [5.41, 5.74) is 6.65. The first-order valence-electron chi connectivity index (χ1n) is 5.20. The number of hydrogen-bond acceptors (Lipinski definition) is 1. The number of benzene rings is 1. The van der Waals surface area contributed by atoms with Crippen molar-refractivity contribution in [2.24, 2.45) is 10.7 Å². The Balaban J connectivity index is 0.00000256. The first-order valence-corrected chi connectivity index (χ1v) is 5.58. The van der Waals surface area contributed by atoms with E-state index in [4.69, 9.17) is 17.3 Å². The van der Waals surface area contributed by atoms with Crippen LogP contribution in [0.4, 0.5) is 0 Å². The third-order valence-electron chi connectivity index (χ3n) is 1.88. The molecule has 0 aliphatic carbocycles. The summed E-state index contributed by atoms with van der Waals surface area (Å²) in [6.07, 6.45) is 0. The minimum Gasteiger partial charge on any atom is -0.370 e. The summed E-state index contributed by atoms with van der Waals surface area (Å²) in [6, 6.07) is 7.62. The predicted octanol–water partition coefficient (Wildman–Crippen LogP) is 3.16. The Hall–Kier alpha value is -0.490. The lowest BCUT2D eigenvalue weighted by Gasteiger charge is -2.21. The zero-order valence-corrected chi connectivity index (χ0v) is 13.4. The van der Waals surface area contributed by atoms with Crippen LogP contribution in [0.1, 0.15) is 26.3 Å². The SMILES string of the molecule is CC(C)(C)NC(N)=NCc1ccccc1Cl.I. The Bertz CT molecular complexity index is 386. The molecule has 0 fully saturated rings. The van der Waals surface area contributed by atoms with Gasteiger partial charge in [-0.25, -0.2) is 4.99 Å². The highest BCUT2D eigenvalue weighted by atomic mass is 127. The third-order valence-corrected chi connectivity index (χ3v) is 2.25. The predicted molar refractivity (Wildman–Crippen MR) is 85.1 cm³/mol. The topological polar surface area (TPSA) is 50.4 Å². The van der Waals surface area contributed by atoms with Crippen LogP contribution in [0.3, 0.4) is 0 Å². The van der Waals surface area contributed by atoms with Gasteiger partial charge in [0.05, 0.1) is 6.54 Å². The van der Waals surface area contributed by atoms with Gasteiger partial charge in [0.25, 0.3) is 0 Å². The monoisotopic (exact) mass is 367 g/mol. The van der Waals surface area contributed by atoms with Crippen LogP contribution in [0.15, 0.2) is 29.3 Å². The van der Waals surface area contributed by atoms with E-state index < -0.39 is 0 Å². The zero-order chi connectivity index (χ0) is 12.2. The van der Waals surface area contributed by atoms with E-state index in [-0.39, 0.29) is 29.5 Å². The summed E-state index contributed by atoms with van der Waals surface area (Å²) in [5, 5.41) is 3.81. The summed E-state index contributed by atoms with van der Waals surface area (Å²) in [7, 11) is 0. The Labute approximate surface area is 125 Å². The molecule has 1 aromatic carbocycles. The molecular weight excluding hydrogens is 349 g/mol. The van der Waals surface area contributed by atoms with Crippen LogP contribution < -0.4 is 11.1 Å². The molecule has 0 aliphatic heterocycles. The number of rotatable bonds is 2. The average molecular weight is 368 g/mol. The van der Waals surface area contributed by atoms with Gasteiger partial charge in [-0.15, -0.1) is 24.0 Å². The van der Waals surface area contributed by atoms with Gasteiger partial charge in [-0.3, -0.25) is 0 Å². The van der Waals surface area contributed by atoms with Crippen molar-refractivity contribution < 1.29 is 0 Å². The van der Waals surface area contributed by atoms with E-state index in [0.717, 1.165) is 10.6 Å². The maximum atomic E-state index is 6.01. The second-order valence-electron chi connectivity index (χ2n) is 4.67. The number of aliphatic imine (C=N–C) groups is 1. The molecule has 0 radical (unpaired) electrons. The van der Waals surface area contributed by atoms with E-state index in [1.165, 1.54) is 0 Å². The summed E-state index contributed by atoms with van der Waals surface area (Å²) in [6.45, 7) is 6.59. The molecule has 0 saturated heterocycles. The van der Waals surface area contributed by atoms with Gasteiger partial charge in [-0.1, -0.05) is 29.8 Å². The van der Waals surface area contributed by atoms with Gasteiger partial charge in [0, 0.05) is 10.6 Å². The van der Waals surface area contributed by atoms with Gasteiger partial charge in [0.2, 0.25) is 0 Å². The number of guanidine groups is 1. The molecule has 0 aromatic heterocycles. The highest BCUT2D eigenvalue weighted by Gasteiger charge is 2.09. The molecule has 0 amide bonds. The van der Waals surface area contributed by atoms with Crippen LogP contribution in [0, 0.1) is 0 Å². The fourth-order valence-electron chi connectivity index (χ4n) is 1.22. The van der Waals surface area contributed by atoms with Gasteiger partial charge in [-0.05, 0) is 32.4 Å². The van der Waals surface area contributed by atoms with Crippen LogP contribution in [0.25, 0.3) is 0 Å². The molecule has 0 saturated carbocycles. The molecule has 3 nitrogen and oxygen atoms in total. The maximum absolute atomic E-state index is 6.01. The standard InChI is InChI=1S/C12H18ClN3.HI/c1-12(2,3)16-11(14)15-8-9-6-4-5-7-10(9)13;/h4-7H,8H2,1-3H3,(H3,14,15,16);1H. The van der Waals surface area contributed by atoms with Crippen molar-refractivity contribution in [3.8, 4) is 0 Å². The Kier molecular flexibility index (Phi) is 6.85. The second-order valence-corrected chi connectivity index (χ2v) is 5.08. The number of hydrogen-bond donors (Lipinski definition) is 2. The maximum Gasteiger partial charge on any atom is 0.189 e. The molecule has 0 atom stereocenters. The Morgan fingerprint density at radius 3 is 2.47 bits per heavy atom. The van der Waals surface area contributed by atoms with E-state index in [1.54, 1.807) is 0 Å². The number of nitrogens with two attached hydrogens (primary N) is 1. The summed E-state index contributed by atoms with van der Waals surface area (Å²) >= 11 is 6.01. The van der Waals surface area contributed by atoms with Crippen molar-refractivity contribution >= 4 is 41.5 Å². The van der Waals surface area contributed by atoms with Crippen LogP contribution >= 0.6 is 35.6 Å². The number of nitrogens with one attached hydrogen (secondary N) is 1. The van der Waals surface area contributed by atoms with Crippen LogP contribution in [-0.4, -0.2) is 11.5 Å². The largest absolute Gasteiger partial charge is 0.370 e. The van der Waals surface area contributed by atoms with Crippen LogP contribution in [-0.2, 0) is 6.54 Å². The average Bonchev–Trinajstić information content (AvgIpc) is 2.14. The molecule has 0 spiro atoms. The molecule has 0 unspecified atom stereocenters. The van der Waals surface area contributed by atoms with Crippen LogP contribution in [0.2, 0.25) is 5.02 Å². The second kappa shape index (κ2) is 7.06. The van der Waals surface area contributed by atoms with Crippen molar-refractivity contribution in [1.82, 2.24) is 5.32 Å². The van der Waals surface area contributed by atoms with Crippen molar-refractivity contribution in [3.63, 3.8) is 0 Å². The number of nitrogens with zero attached hydrogens (tertiary/aromatic N) is 1. The third kappa shape index (κ3) is 6.73. The summed E-state index contributed by atoms with van der Waals surface area (Å²) in [4.78, 5) is 4.24. The van der Waals surface area contributed by atoms with Gasteiger partial charge >= 0.3 is 0 Å². The minimum absolute atomic E-state index is 0. The minimum atomic E-state index is -0.0753. The first-order chi connectivity index (χ1) is 7.38. The Morgan fingerprint density at radius 2 is 1.94 bits per heavy atom. The van der Waals surface area contributed by atoms with Crippen molar-refractivity contribution in [2.75, 3.05) is 0 Å². The van der Waals surface area contributed by atoms with Gasteiger partial charge < -0.3 is 11.1 Å². The highest BCUT2D eigenvalue weighted by molar-refractivity contribution is 14.0. The van der Waals surface area contributed by atoms with Crippen molar-refractivity contribution in [1.29, 1.82) is 0 Å². The molecule has 0 heterocycles. The molecular formula is C12H19ClIN3. The van der Waals surface area contributed by atoms with Crippen molar-refractivity contribution in [2.45, 2.75) is 32.9 Å². The van der Waals surface area contributed by atoms with E-state index >= 15 is 0 Å². The Morgan fingerprint density at radius 1 is 1.35 bits per heavy atom. The van der Waals surface area contributed by atoms with E-state index in [0.29, 0.717) is 12.5 Å². The quantitative estimate of drug-likeness (QED) is 0.479. The van der Waals surface area contributed by atoms with Gasteiger partial charge in [-0.2, -0.15) is 0 Å². The molecule has 1 aromatic rings. The van der Waals surface area contributed by atoms with Gasteiger partial charge in [0.1, 0.15) is 0 Å². The zero-order valence-electron chi connectivity index (χ0n) is 10.3. The highest BCUT2D eigenvalue weighted by Crippen LogP contribution is 2.15. The number of halogens is 2. The molecule has 1 rings (SSSR count). The molecule has 0 aliphatic rings. The lowest BCUT2D eigenvalue weighted by atomic mass is 10.1. The molecule has 5 heteroatoms. The molecule has 17 heavy (non-hydrogen) atoms. The van der Waals surface area contributed by atoms with E-state index in [2.05, 4.69) is 10.3 Å². The van der Waals surface area contributed by atoms with Gasteiger partial charge in [0.15, 0.2) is 5.96 Å². The normalized spacial score (nSPS) is 11.9.